The standard InChI is InChI=1S/C19H20ClFN2O2/c1-12(2)17(23-18(24)15-8-3-4-9-16(15)21)19(25)22-11-13-6-5-7-14(20)10-13/h3-10,12,17H,11H2,1-2H3,(H,22,25)(H,23,24). The Kier molecular flexibility index (Phi) is 6.53. The summed E-state index contributed by atoms with van der Waals surface area (Å²) < 4.78 is 13.7. The lowest BCUT2D eigenvalue weighted by molar-refractivity contribution is -0.124. The number of benzene rings is 2. The quantitative estimate of drug-likeness (QED) is 0.825. The summed E-state index contributed by atoms with van der Waals surface area (Å²) in [6.45, 7) is 3.91. The number of amides is 2. The van der Waals surface area contributed by atoms with Crippen molar-refractivity contribution in [1.82, 2.24) is 10.6 Å². The van der Waals surface area contributed by atoms with Gasteiger partial charge in [0.2, 0.25) is 5.91 Å². The third-order valence-electron chi connectivity index (χ3n) is 3.71. The summed E-state index contributed by atoms with van der Waals surface area (Å²) in [5.41, 5.74) is 0.763. The number of carbonyl (C=O) groups excluding carboxylic acids is 2. The van der Waals surface area contributed by atoms with Crippen LogP contribution in [-0.2, 0) is 11.3 Å². The van der Waals surface area contributed by atoms with E-state index in [0.29, 0.717) is 5.02 Å². The molecular formula is C19H20ClFN2O2. The third kappa shape index (κ3) is 5.29. The van der Waals surface area contributed by atoms with Gasteiger partial charge in [0.05, 0.1) is 5.56 Å². The van der Waals surface area contributed by atoms with Gasteiger partial charge in [-0.25, -0.2) is 4.39 Å². The molecule has 0 saturated carbocycles. The van der Waals surface area contributed by atoms with E-state index in [-0.39, 0.29) is 23.9 Å². The van der Waals surface area contributed by atoms with Crippen LogP contribution in [0.15, 0.2) is 48.5 Å². The van der Waals surface area contributed by atoms with Crippen LogP contribution in [0.4, 0.5) is 4.39 Å². The van der Waals surface area contributed by atoms with Crippen molar-refractivity contribution in [2.45, 2.75) is 26.4 Å². The molecule has 0 heterocycles. The zero-order valence-electron chi connectivity index (χ0n) is 14.1. The topological polar surface area (TPSA) is 58.2 Å². The lowest BCUT2D eigenvalue weighted by Crippen LogP contribution is -2.49. The van der Waals surface area contributed by atoms with Gasteiger partial charge in [0.25, 0.3) is 5.91 Å². The number of hydrogen-bond acceptors (Lipinski definition) is 2. The Morgan fingerprint density at radius 2 is 1.84 bits per heavy atom. The summed E-state index contributed by atoms with van der Waals surface area (Å²) in [6.07, 6.45) is 0. The summed E-state index contributed by atoms with van der Waals surface area (Å²) in [5, 5.41) is 5.96. The zero-order chi connectivity index (χ0) is 18.4. The second kappa shape index (κ2) is 8.62. The lowest BCUT2D eigenvalue weighted by Gasteiger charge is -2.22. The maximum atomic E-state index is 13.7. The van der Waals surface area contributed by atoms with E-state index in [2.05, 4.69) is 10.6 Å². The number of halogens is 2. The Morgan fingerprint density at radius 3 is 2.48 bits per heavy atom. The molecule has 25 heavy (non-hydrogen) atoms. The number of nitrogens with one attached hydrogen (secondary N) is 2. The fourth-order valence-electron chi connectivity index (χ4n) is 2.35. The molecule has 0 bridgehead atoms. The van der Waals surface area contributed by atoms with Crippen LogP contribution in [0.1, 0.15) is 29.8 Å². The Labute approximate surface area is 151 Å². The minimum absolute atomic E-state index is 0.0872. The highest BCUT2D eigenvalue weighted by molar-refractivity contribution is 6.30. The average Bonchev–Trinajstić information content (AvgIpc) is 2.57. The van der Waals surface area contributed by atoms with E-state index in [1.807, 2.05) is 19.9 Å². The van der Waals surface area contributed by atoms with Crippen LogP contribution in [0.25, 0.3) is 0 Å². The fraction of sp³-hybridized carbons (Fsp3) is 0.263. The molecule has 132 valence electrons. The maximum absolute atomic E-state index is 13.7. The van der Waals surface area contributed by atoms with Gasteiger partial charge < -0.3 is 10.6 Å². The molecule has 2 aromatic carbocycles. The first kappa shape index (κ1) is 18.9. The molecular weight excluding hydrogens is 343 g/mol. The van der Waals surface area contributed by atoms with Crippen LogP contribution in [0, 0.1) is 11.7 Å². The lowest BCUT2D eigenvalue weighted by atomic mass is 10.0. The second-order valence-corrected chi connectivity index (χ2v) is 6.46. The van der Waals surface area contributed by atoms with Crippen LogP contribution in [-0.4, -0.2) is 17.9 Å². The number of hydrogen-bond donors (Lipinski definition) is 2. The van der Waals surface area contributed by atoms with Crippen molar-refractivity contribution in [3.63, 3.8) is 0 Å². The molecule has 6 heteroatoms. The van der Waals surface area contributed by atoms with Crippen molar-refractivity contribution in [3.05, 3.63) is 70.5 Å². The molecule has 0 aliphatic carbocycles. The predicted molar refractivity (Wildman–Crippen MR) is 95.8 cm³/mol. The van der Waals surface area contributed by atoms with Crippen LogP contribution in [0.2, 0.25) is 5.02 Å². The van der Waals surface area contributed by atoms with Crippen molar-refractivity contribution in [1.29, 1.82) is 0 Å². The minimum Gasteiger partial charge on any atom is -0.350 e. The highest BCUT2D eigenvalue weighted by Crippen LogP contribution is 2.11. The third-order valence-corrected chi connectivity index (χ3v) is 3.95. The highest BCUT2D eigenvalue weighted by Gasteiger charge is 2.25. The summed E-state index contributed by atoms with van der Waals surface area (Å²) in [5.74, 6) is -1.73. The largest absolute Gasteiger partial charge is 0.350 e. The van der Waals surface area contributed by atoms with Gasteiger partial charge in [-0.1, -0.05) is 49.7 Å². The van der Waals surface area contributed by atoms with Gasteiger partial charge in [0.1, 0.15) is 11.9 Å². The molecule has 0 aliphatic heterocycles. The summed E-state index contributed by atoms with van der Waals surface area (Å²) in [4.78, 5) is 24.7. The first-order valence-electron chi connectivity index (χ1n) is 7.96. The molecule has 0 spiro atoms. The molecule has 0 saturated heterocycles. The molecule has 0 radical (unpaired) electrons. The molecule has 2 aromatic rings. The summed E-state index contributed by atoms with van der Waals surface area (Å²) in [6, 6.07) is 12.0. The SMILES string of the molecule is CC(C)C(NC(=O)c1ccccc1F)C(=O)NCc1cccc(Cl)c1. The van der Waals surface area contributed by atoms with E-state index in [1.54, 1.807) is 24.3 Å². The Hall–Kier alpha value is -2.40. The van der Waals surface area contributed by atoms with E-state index in [9.17, 15) is 14.0 Å². The molecule has 0 aliphatic rings. The van der Waals surface area contributed by atoms with E-state index < -0.39 is 17.8 Å². The van der Waals surface area contributed by atoms with Crippen molar-refractivity contribution in [2.24, 2.45) is 5.92 Å². The Balaban J connectivity index is 2.03. The van der Waals surface area contributed by atoms with Gasteiger partial charge in [0, 0.05) is 11.6 Å². The molecule has 0 aromatic heterocycles. The van der Waals surface area contributed by atoms with Gasteiger partial charge in [-0.2, -0.15) is 0 Å². The van der Waals surface area contributed by atoms with E-state index in [1.165, 1.54) is 18.2 Å². The van der Waals surface area contributed by atoms with E-state index in [0.717, 1.165) is 5.56 Å². The predicted octanol–water partition coefficient (Wildman–Crippen LogP) is 3.55. The van der Waals surface area contributed by atoms with Crippen LogP contribution in [0.3, 0.4) is 0 Å². The van der Waals surface area contributed by atoms with Gasteiger partial charge >= 0.3 is 0 Å². The summed E-state index contributed by atoms with van der Waals surface area (Å²) in [7, 11) is 0. The highest BCUT2D eigenvalue weighted by atomic mass is 35.5. The van der Waals surface area contributed by atoms with Gasteiger partial charge in [-0.3, -0.25) is 9.59 Å². The van der Waals surface area contributed by atoms with E-state index in [4.69, 9.17) is 11.6 Å². The van der Waals surface area contributed by atoms with Crippen LogP contribution in [0.5, 0.6) is 0 Å². The average molecular weight is 363 g/mol. The normalized spacial score (nSPS) is 11.9. The molecule has 4 nitrogen and oxygen atoms in total. The van der Waals surface area contributed by atoms with Crippen molar-refractivity contribution in [2.75, 3.05) is 0 Å². The smallest absolute Gasteiger partial charge is 0.254 e. The summed E-state index contributed by atoms with van der Waals surface area (Å²) >= 11 is 5.92. The number of rotatable bonds is 6. The van der Waals surface area contributed by atoms with Gasteiger partial charge in [-0.15, -0.1) is 0 Å². The molecule has 2 N–H and O–H groups in total. The van der Waals surface area contributed by atoms with Crippen molar-refractivity contribution < 1.29 is 14.0 Å². The monoisotopic (exact) mass is 362 g/mol. The van der Waals surface area contributed by atoms with Crippen LogP contribution < -0.4 is 10.6 Å². The van der Waals surface area contributed by atoms with Crippen molar-refractivity contribution >= 4 is 23.4 Å². The first-order chi connectivity index (χ1) is 11.9. The zero-order valence-corrected chi connectivity index (χ0v) is 14.8. The Bertz CT molecular complexity index is 765. The van der Waals surface area contributed by atoms with Crippen LogP contribution >= 0.6 is 11.6 Å². The Morgan fingerprint density at radius 1 is 1.12 bits per heavy atom. The molecule has 0 fully saturated rings. The number of carbonyl (C=O) groups is 2. The van der Waals surface area contributed by atoms with Gasteiger partial charge in [-0.05, 0) is 35.7 Å². The second-order valence-electron chi connectivity index (χ2n) is 6.02. The first-order valence-corrected chi connectivity index (χ1v) is 8.34. The van der Waals surface area contributed by atoms with Crippen molar-refractivity contribution in [3.8, 4) is 0 Å². The maximum Gasteiger partial charge on any atom is 0.254 e. The van der Waals surface area contributed by atoms with Gasteiger partial charge in [0.15, 0.2) is 0 Å². The molecule has 1 unspecified atom stereocenters. The fourth-order valence-corrected chi connectivity index (χ4v) is 2.56. The molecule has 1 atom stereocenters. The molecule has 2 amide bonds. The molecule has 2 rings (SSSR count). The van der Waals surface area contributed by atoms with E-state index >= 15 is 0 Å². The minimum atomic E-state index is -0.772.